The van der Waals surface area contributed by atoms with Crippen LogP contribution in [0.5, 0.6) is 0 Å². The van der Waals surface area contributed by atoms with Crippen LogP contribution in [0.2, 0.25) is 0 Å². The highest BCUT2D eigenvalue weighted by molar-refractivity contribution is 5.82. The van der Waals surface area contributed by atoms with Gasteiger partial charge in [0.25, 0.3) is 0 Å². The number of amidine groups is 1. The number of hydrogen-bond donors (Lipinski definition) is 2. The number of nitrogens with two attached hydrogens (primary N) is 1. The fourth-order valence-corrected chi connectivity index (χ4v) is 1.69. The predicted molar refractivity (Wildman–Crippen MR) is 67.0 cm³/mol. The molecule has 0 aliphatic rings. The maximum absolute atomic E-state index is 8.59. The standard InChI is InChI=1S/C12H19N3O/c1-9-6-4-5-7-11(9)15(3)8-10(2)12(13)14-16/h4-7,10,16H,8H2,1-3H3,(H2,13,14). The fraction of sp³-hybridized carbons (Fsp3) is 0.417. The molecule has 3 N–H and O–H groups in total. The highest BCUT2D eigenvalue weighted by Crippen LogP contribution is 2.18. The molecule has 1 aromatic rings. The zero-order chi connectivity index (χ0) is 12.1. The summed E-state index contributed by atoms with van der Waals surface area (Å²) in [5, 5.41) is 11.6. The number of rotatable bonds is 4. The molecule has 0 amide bonds. The Balaban J connectivity index is 2.73. The lowest BCUT2D eigenvalue weighted by Gasteiger charge is -2.24. The van der Waals surface area contributed by atoms with E-state index < -0.39 is 0 Å². The predicted octanol–water partition coefficient (Wildman–Crippen LogP) is 1.81. The fourth-order valence-electron chi connectivity index (χ4n) is 1.69. The van der Waals surface area contributed by atoms with Crippen molar-refractivity contribution in [3.8, 4) is 0 Å². The third-order valence-electron chi connectivity index (χ3n) is 2.69. The number of aryl methyl sites for hydroxylation is 1. The molecule has 1 rings (SSSR count). The summed E-state index contributed by atoms with van der Waals surface area (Å²) in [6.07, 6.45) is 0. The zero-order valence-electron chi connectivity index (χ0n) is 10.0. The molecular formula is C12H19N3O. The van der Waals surface area contributed by atoms with Crippen molar-refractivity contribution in [2.24, 2.45) is 16.8 Å². The van der Waals surface area contributed by atoms with Crippen LogP contribution in [-0.2, 0) is 0 Å². The van der Waals surface area contributed by atoms with Gasteiger partial charge in [0.2, 0.25) is 0 Å². The number of anilines is 1. The summed E-state index contributed by atoms with van der Waals surface area (Å²) in [7, 11) is 2.00. The average molecular weight is 221 g/mol. The van der Waals surface area contributed by atoms with E-state index in [1.54, 1.807) is 0 Å². The van der Waals surface area contributed by atoms with E-state index in [9.17, 15) is 0 Å². The molecule has 0 radical (unpaired) electrons. The zero-order valence-corrected chi connectivity index (χ0v) is 10.0. The molecule has 0 bridgehead atoms. The van der Waals surface area contributed by atoms with Gasteiger partial charge in [0.15, 0.2) is 0 Å². The van der Waals surface area contributed by atoms with E-state index in [0.29, 0.717) is 0 Å². The third kappa shape index (κ3) is 2.89. The number of para-hydroxylation sites is 1. The molecule has 4 nitrogen and oxygen atoms in total. The molecule has 88 valence electrons. The topological polar surface area (TPSA) is 61.8 Å². The van der Waals surface area contributed by atoms with Gasteiger partial charge in [-0.25, -0.2) is 0 Å². The van der Waals surface area contributed by atoms with Gasteiger partial charge in [-0.15, -0.1) is 0 Å². The summed E-state index contributed by atoms with van der Waals surface area (Å²) in [4.78, 5) is 2.11. The maximum Gasteiger partial charge on any atom is 0.143 e. The lowest BCUT2D eigenvalue weighted by molar-refractivity contribution is 0.314. The van der Waals surface area contributed by atoms with Crippen LogP contribution in [0.4, 0.5) is 5.69 Å². The van der Waals surface area contributed by atoms with Crippen molar-refractivity contribution in [3.63, 3.8) is 0 Å². The van der Waals surface area contributed by atoms with Crippen LogP contribution in [-0.4, -0.2) is 24.6 Å². The summed E-state index contributed by atoms with van der Waals surface area (Å²) >= 11 is 0. The van der Waals surface area contributed by atoms with Crippen LogP contribution in [0, 0.1) is 12.8 Å². The second-order valence-corrected chi connectivity index (χ2v) is 4.09. The molecule has 1 atom stereocenters. The van der Waals surface area contributed by atoms with Gasteiger partial charge in [-0.3, -0.25) is 0 Å². The Hall–Kier alpha value is -1.71. The number of nitrogens with zero attached hydrogens (tertiary/aromatic N) is 2. The van der Waals surface area contributed by atoms with Gasteiger partial charge in [-0.2, -0.15) is 0 Å². The van der Waals surface area contributed by atoms with Crippen LogP contribution in [0.3, 0.4) is 0 Å². The number of hydrogen-bond acceptors (Lipinski definition) is 3. The molecule has 0 saturated carbocycles. The lowest BCUT2D eigenvalue weighted by Crippen LogP contribution is -2.32. The van der Waals surface area contributed by atoms with Gasteiger partial charge in [0, 0.05) is 25.2 Å². The monoisotopic (exact) mass is 221 g/mol. The normalized spacial score (nSPS) is 13.6. The molecule has 0 aliphatic carbocycles. The van der Waals surface area contributed by atoms with Gasteiger partial charge in [-0.05, 0) is 18.6 Å². The van der Waals surface area contributed by atoms with Crippen LogP contribution in [0.25, 0.3) is 0 Å². The second-order valence-electron chi connectivity index (χ2n) is 4.09. The molecule has 0 heterocycles. The lowest BCUT2D eigenvalue weighted by atomic mass is 10.1. The van der Waals surface area contributed by atoms with Crippen molar-refractivity contribution in [1.29, 1.82) is 0 Å². The minimum Gasteiger partial charge on any atom is -0.409 e. The van der Waals surface area contributed by atoms with Crippen molar-refractivity contribution in [1.82, 2.24) is 0 Å². The summed E-state index contributed by atoms with van der Waals surface area (Å²) in [6, 6.07) is 8.15. The Kier molecular flexibility index (Phi) is 4.17. The number of benzene rings is 1. The Morgan fingerprint density at radius 2 is 2.12 bits per heavy atom. The van der Waals surface area contributed by atoms with Crippen molar-refractivity contribution >= 4 is 11.5 Å². The first kappa shape index (κ1) is 12.4. The van der Waals surface area contributed by atoms with E-state index in [1.165, 1.54) is 11.3 Å². The quantitative estimate of drug-likeness (QED) is 0.353. The molecular weight excluding hydrogens is 202 g/mol. The molecule has 4 heteroatoms. The van der Waals surface area contributed by atoms with Gasteiger partial charge in [-0.1, -0.05) is 30.3 Å². The summed E-state index contributed by atoms with van der Waals surface area (Å²) in [5.74, 6) is 0.287. The molecule has 0 aromatic heterocycles. The summed E-state index contributed by atoms with van der Waals surface area (Å²) in [5.41, 5.74) is 7.94. The highest BCUT2D eigenvalue weighted by Gasteiger charge is 2.12. The van der Waals surface area contributed by atoms with Crippen molar-refractivity contribution < 1.29 is 5.21 Å². The largest absolute Gasteiger partial charge is 0.409 e. The number of oxime groups is 1. The molecule has 0 fully saturated rings. The van der Waals surface area contributed by atoms with Gasteiger partial charge >= 0.3 is 0 Å². The Morgan fingerprint density at radius 1 is 1.50 bits per heavy atom. The van der Waals surface area contributed by atoms with E-state index in [4.69, 9.17) is 10.9 Å². The van der Waals surface area contributed by atoms with Crippen LogP contribution in [0.15, 0.2) is 29.4 Å². The molecule has 16 heavy (non-hydrogen) atoms. The SMILES string of the molecule is Cc1ccccc1N(C)CC(C)C(N)=NO. The van der Waals surface area contributed by atoms with E-state index in [0.717, 1.165) is 6.54 Å². The summed E-state index contributed by atoms with van der Waals surface area (Å²) < 4.78 is 0. The summed E-state index contributed by atoms with van der Waals surface area (Å²) in [6.45, 7) is 4.73. The Bertz CT molecular complexity index is 376. The Labute approximate surface area is 96.4 Å². The first-order valence-corrected chi connectivity index (χ1v) is 5.30. The molecule has 1 aromatic carbocycles. The van der Waals surface area contributed by atoms with E-state index in [-0.39, 0.29) is 11.8 Å². The van der Waals surface area contributed by atoms with E-state index >= 15 is 0 Å². The van der Waals surface area contributed by atoms with Crippen molar-refractivity contribution in [2.45, 2.75) is 13.8 Å². The molecule has 1 unspecified atom stereocenters. The average Bonchev–Trinajstić information content (AvgIpc) is 2.28. The van der Waals surface area contributed by atoms with E-state index in [2.05, 4.69) is 29.1 Å². The molecule has 0 aliphatic heterocycles. The van der Waals surface area contributed by atoms with Gasteiger partial charge < -0.3 is 15.8 Å². The smallest absolute Gasteiger partial charge is 0.143 e. The van der Waals surface area contributed by atoms with Gasteiger partial charge in [0.1, 0.15) is 5.84 Å². The van der Waals surface area contributed by atoms with Crippen molar-refractivity contribution in [3.05, 3.63) is 29.8 Å². The van der Waals surface area contributed by atoms with Crippen molar-refractivity contribution in [2.75, 3.05) is 18.5 Å². The Morgan fingerprint density at radius 3 is 2.69 bits per heavy atom. The van der Waals surface area contributed by atoms with Crippen LogP contribution >= 0.6 is 0 Å². The molecule has 0 spiro atoms. The maximum atomic E-state index is 8.59. The highest BCUT2D eigenvalue weighted by atomic mass is 16.4. The minimum absolute atomic E-state index is 0.0228. The van der Waals surface area contributed by atoms with Gasteiger partial charge in [0.05, 0.1) is 0 Å². The third-order valence-corrected chi connectivity index (χ3v) is 2.69. The first-order chi connectivity index (χ1) is 7.56. The molecule has 0 saturated heterocycles. The van der Waals surface area contributed by atoms with Crippen LogP contribution in [0.1, 0.15) is 12.5 Å². The first-order valence-electron chi connectivity index (χ1n) is 5.30. The van der Waals surface area contributed by atoms with Crippen LogP contribution < -0.4 is 10.6 Å². The van der Waals surface area contributed by atoms with E-state index in [1.807, 2.05) is 26.1 Å². The second kappa shape index (κ2) is 5.39. The minimum atomic E-state index is 0.0228.